The average molecular weight is 530 g/mol. The molecular weight excluding hydrogens is 501 g/mol. The number of fused-ring (bicyclic) bond motifs is 1. The minimum atomic E-state index is -0.497. The van der Waals surface area contributed by atoms with Crippen molar-refractivity contribution < 1.29 is 23.5 Å². The van der Waals surface area contributed by atoms with E-state index in [1.807, 2.05) is 36.4 Å². The van der Waals surface area contributed by atoms with Crippen molar-refractivity contribution >= 4 is 23.9 Å². The highest BCUT2D eigenvalue weighted by molar-refractivity contribution is 5.93. The zero-order chi connectivity index (χ0) is 27.7. The van der Waals surface area contributed by atoms with Crippen LogP contribution in [0.4, 0.5) is 15.1 Å². The molecule has 0 atom stereocenters. The van der Waals surface area contributed by atoms with E-state index in [4.69, 9.17) is 9.72 Å². The maximum Gasteiger partial charge on any atom is 0.417 e. The third kappa shape index (κ3) is 4.93. The molecule has 2 aliphatic heterocycles. The smallest absolute Gasteiger partial charge is 0.417 e. The molecule has 0 fully saturated rings. The SMILES string of the molecule is CCOC(=O)N1C=CC(c2c(-c3ccc(-c4ccc(F)cc4)cc3)nc3n2N(C(C)=O)CCN3C(C)=O)C=C1. The summed E-state index contributed by atoms with van der Waals surface area (Å²) in [5, 5.41) is 1.58. The number of benzene rings is 2. The Balaban J connectivity index is 1.62. The molecule has 200 valence electrons. The number of imidazole rings is 1. The van der Waals surface area contributed by atoms with E-state index < -0.39 is 6.09 Å². The molecule has 5 rings (SSSR count). The number of hydrogen-bond donors (Lipinski definition) is 0. The molecule has 2 aromatic carbocycles. The molecule has 10 heteroatoms. The second-order valence-electron chi connectivity index (χ2n) is 9.17. The summed E-state index contributed by atoms with van der Waals surface area (Å²) in [5.41, 5.74) is 3.83. The third-order valence-electron chi connectivity index (χ3n) is 6.67. The van der Waals surface area contributed by atoms with Crippen LogP contribution in [0.25, 0.3) is 22.4 Å². The van der Waals surface area contributed by atoms with E-state index in [2.05, 4.69) is 0 Å². The van der Waals surface area contributed by atoms with Crippen LogP contribution in [0.3, 0.4) is 0 Å². The highest BCUT2D eigenvalue weighted by atomic mass is 19.1. The number of halogens is 1. The van der Waals surface area contributed by atoms with Gasteiger partial charge in [-0.1, -0.05) is 48.6 Å². The van der Waals surface area contributed by atoms with Gasteiger partial charge in [0.2, 0.25) is 17.8 Å². The number of carbonyl (C=O) groups excluding carboxylic acids is 3. The van der Waals surface area contributed by atoms with Gasteiger partial charge in [-0.05, 0) is 30.2 Å². The number of hydrogen-bond acceptors (Lipinski definition) is 5. The summed E-state index contributed by atoms with van der Waals surface area (Å²) in [6.07, 6.45) is 6.38. The average Bonchev–Trinajstić information content (AvgIpc) is 3.33. The number of rotatable bonds is 4. The van der Waals surface area contributed by atoms with Gasteiger partial charge in [-0.2, -0.15) is 0 Å². The number of aromatic nitrogens is 2. The van der Waals surface area contributed by atoms with Crippen LogP contribution in [0.1, 0.15) is 32.4 Å². The normalized spacial score (nSPS) is 14.9. The molecule has 3 heterocycles. The molecule has 0 bridgehead atoms. The summed E-state index contributed by atoms with van der Waals surface area (Å²) < 4.78 is 20.2. The topological polar surface area (TPSA) is 88.0 Å². The summed E-state index contributed by atoms with van der Waals surface area (Å²) in [4.78, 5) is 45.2. The fourth-order valence-corrected chi connectivity index (χ4v) is 4.78. The molecule has 0 spiro atoms. The van der Waals surface area contributed by atoms with Crippen LogP contribution >= 0.6 is 0 Å². The van der Waals surface area contributed by atoms with Crippen molar-refractivity contribution in [2.45, 2.75) is 26.7 Å². The summed E-state index contributed by atoms with van der Waals surface area (Å²) >= 11 is 0. The largest absolute Gasteiger partial charge is 0.449 e. The molecule has 2 aliphatic rings. The van der Waals surface area contributed by atoms with Crippen LogP contribution in [-0.4, -0.2) is 52.2 Å². The molecule has 9 nitrogen and oxygen atoms in total. The van der Waals surface area contributed by atoms with Crippen LogP contribution in [0.2, 0.25) is 0 Å². The molecule has 0 aliphatic carbocycles. The lowest BCUT2D eigenvalue weighted by Crippen LogP contribution is -2.52. The first-order valence-corrected chi connectivity index (χ1v) is 12.7. The monoisotopic (exact) mass is 529 g/mol. The molecule has 0 saturated carbocycles. The Bertz CT molecular complexity index is 1460. The van der Waals surface area contributed by atoms with E-state index in [1.54, 1.807) is 46.0 Å². The van der Waals surface area contributed by atoms with Gasteiger partial charge in [-0.15, -0.1) is 0 Å². The Hall–Kier alpha value is -4.73. The Labute approximate surface area is 225 Å². The number of ether oxygens (including phenoxy) is 1. The van der Waals surface area contributed by atoms with Gasteiger partial charge in [-0.25, -0.2) is 23.9 Å². The van der Waals surface area contributed by atoms with Gasteiger partial charge in [0, 0.05) is 44.3 Å². The van der Waals surface area contributed by atoms with Crippen molar-refractivity contribution in [1.82, 2.24) is 14.6 Å². The van der Waals surface area contributed by atoms with E-state index in [0.717, 1.165) is 16.7 Å². The molecule has 0 unspecified atom stereocenters. The lowest BCUT2D eigenvalue weighted by atomic mass is 9.97. The van der Waals surface area contributed by atoms with Gasteiger partial charge in [0.25, 0.3) is 0 Å². The number of nitrogens with zero attached hydrogens (tertiary/aromatic N) is 5. The van der Waals surface area contributed by atoms with Gasteiger partial charge in [0.1, 0.15) is 5.82 Å². The first kappa shape index (κ1) is 25.9. The maximum absolute atomic E-state index is 13.4. The highest BCUT2D eigenvalue weighted by Gasteiger charge is 2.35. The standard InChI is InChI=1S/C29H28FN5O4/c1-4-39-29(38)32-15-13-24(14-16-32)27-26(23-7-5-21(6-8-23)22-9-11-25(30)12-10-22)31-28-33(19(2)36)17-18-34(20(3)37)35(27)28/h5-16,24H,4,17-18H2,1-3H3. The minimum Gasteiger partial charge on any atom is -0.449 e. The number of allylic oxidation sites excluding steroid dienone is 2. The lowest BCUT2D eigenvalue weighted by molar-refractivity contribution is -0.119. The lowest BCUT2D eigenvalue weighted by Gasteiger charge is -2.36. The summed E-state index contributed by atoms with van der Waals surface area (Å²) in [6, 6.07) is 13.9. The van der Waals surface area contributed by atoms with Crippen molar-refractivity contribution in [3.8, 4) is 22.4 Å². The zero-order valence-electron chi connectivity index (χ0n) is 21.9. The predicted octanol–water partition coefficient (Wildman–Crippen LogP) is 4.79. The van der Waals surface area contributed by atoms with Crippen LogP contribution in [-0.2, 0) is 14.3 Å². The second-order valence-corrected chi connectivity index (χ2v) is 9.17. The Kier molecular flexibility index (Phi) is 7.02. The fraction of sp³-hybridized carbons (Fsp3) is 0.241. The van der Waals surface area contributed by atoms with Crippen LogP contribution in [0, 0.1) is 5.82 Å². The minimum absolute atomic E-state index is 0.183. The van der Waals surface area contributed by atoms with Gasteiger partial charge in [0.15, 0.2) is 0 Å². The molecular formula is C29H28FN5O4. The highest BCUT2D eigenvalue weighted by Crippen LogP contribution is 2.38. The number of amides is 3. The number of carbonyl (C=O) groups is 3. The van der Waals surface area contributed by atoms with Crippen molar-refractivity contribution in [3.63, 3.8) is 0 Å². The Morgan fingerprint density at radius 1 is 0.897 bits per heavy atom. The van der Waals surface area contributed by atoms with Gasteiger partial charge in [-0.3, -0.25) is 19.4 Å². The second kappa shape index (κ2) is 10.6. The van der Waals surface area contributed by atoms with Crippen molar-refractivity contribution in [1.29, 1.82) is 0 Å². The third-order valence-corrected chi connectivity index (χ3v) is 6.67. The Morgan fingerprint density at radius 3 is 2.05 bits per heavy atom. The van der Waals surface area contributed by atoms with Crippen LogP contribution < -0.4 is 9.91 Å². The van der Waals surface area contributed by atoms with Crippen LogP contribution in [0.5, 0.6) is 0 Å². The van der Waals surface area contributed by atoms with Gasteiger partial charge < -0.3 is 4.74 Å². The first-order valence-electron chi connectivity index (χ1n) is 12.7. The van der Waals surface area contributed by atoms with Gasteiger partial charge in [0.05, 0.1) is 24.5 Å². The molecule has 0 radical (unpaired) electrons. The summed E-state index contributed by atoms with van der Waals surface area (Å²) in [7, 11) is 0. The summed E-state index contributed by atoms with van der Waals surface area (Å²) in [5.74, 6) is -0.682. The quantitative estimate of drug-likeness (QED) is 0.485. The molecule has 1 aromatic heterocycles. The van der Waals surface area contributed by atoms with E-state index in [-0.39, 0.29) is 30.2 Å². The van der Waals surface area contributed by atoms with E-state index >= 15 is 0 Å². The Morgan fingerprint density at radius 2 is 1.49 bits per heavy atom. The van der Waals surface area contributed by atoms with E-state index in [1.165, 1.54) is 30.9 Å². The molecule has 3 amide bonds. The molecule has 39 heavy (non-hydrogen) atoms. The van der Waals surface area contributed by atoms with E-state index in [9.17, 15) is 18.8 Å². The number of anilines is 1. The van der Waals surface area contributed by atoms with Crippen molar-refractivity contribution in [3.05, 3.63) is 84.6 Å². The molecule has 0 N–H and O–H groups in total. The van der Waals surface area contributed by atoms with Gasteiger partial charge >= 0.3 is 6.09 Å². The van der Waals surface area contributed by atoms with Crippen molar-refractivity contribution in [2.24, 2.45) is 0 Å². The maximum atomic E-state index is 13.4. The van der Waals surface area contributed by atoms with E-state index in [0.29, 0.717) is 30.4 Å². The fourth-order valence-electron chi connectivity index (χ4n) is 4.78. The first-order chi connectivity index (χ1) is 18.8. The van der Waals surface area contributed by atoms with Crippen molar-refractivity contribution in [2.75, 3.05) is 29.6 Å². The van der Waals surface area contributed by atoms with Crippen LogP contribution in [0.15, 0.2) is 73.1 Å². The predicted molar refractivity (Wildman–Crippen MR) is 145 cm³/mol. The zero-order valence-corrected chi connectivity index (χ0v) is 21.9. The molecule has 0 saturated heterocycles. The molecule has 3 aromatic rings. The summed E-state index contributed by atoms with van der Waals surface area (Å²) in [6.45, 7) is 5.56.